The van der Waals surface area contributed by atoms with E-state index in [0.717, 1.165) is 18.8 Å². The lowest BCUT2D eigenvalue weighted by molar-refractivity contribution is 0.623. The molecular weight excluding hydrogens is 200 g/mol. The molecule has 1 aromatic heterocycles. The molecule has 0 aliphatic carbocycles. The van der Waals surface area contributed by atoms with Crippen molar-refractivity contribution in [3.8, 4) is 0 Å². The third-order valence-corrected chi connectivity index (χ3v) is 2.82. The van der Waals surface area contributed by atoms with E-state index in [1.54, 1.807) is 6.20 Å². The Labute approximate surface area is 97.0 Å². The molecule has 16 heavy (non-hydrogen) atoms. The van der Waals surface area contributed by atoms with E-state index in [2.05, 4.69) is 30.7 Å². The molecule has 3 N–H and O–H groups in total. The highest BCUT2D eigenvalue weighted by Gasteiger charge is 2.11. The normalized spacial score (nSPS) is 12.2. The average Bonchev–Trinajstić information content (AvgIpc) is 2.30. The molecular formula is C12H20N4. The molecule has 0 spiro atoms. The van der Waals surface area contributed by atoms with Crippen LogP contribution >= 0.6 is 0 Å². The fourth-order valence-electron chi connectivity index (χ4n) is 1.64. The lowest BCUT2D eigenvalue weighted by Crippen LogP contribution is -2.33. The van der Waals surface area contributed by atoms with Crippen LogP contribution in [0.5, 0.6) is 0 Å². The zero-order valence-corrected chi connectivity index (χ0v) is 10.2. The van der Waals surface area contributed by atoms with Gasteiger partial charge in [0.1, 0.15) is 11.7 Å². The van der Waals surface area contributed by atoms with E-state index in [1.807, 2.05) is 12.1 Å². The zero-order chi connectivity index (χ0) is 12.1. The van der Waals surface area contributed by atoms with Crippen LogP contribution in [0.25, 0.3) is 0 Å². The minimum Gasteiger partial charge on any atom is -0.384 e. The van der Waals surface area contributed by atoms with Gasteiger partial charge in [0.05, 0.1) is 0 Å². The average molecular weight is 220 g/mol. The maximum absolute atomic E-state index is 7.30. The first kappa shape index (κ1) is 12.5. The Bertz CT molecular complexity index is 345. The fraction of sp³-hybridized carbons (Fsp3) is 0.500. The van der Waals surface area contributed by atoms with Gasteiger partial charge in [-0.05, 0) is 32.4 Å². The molecule has 1 unspecified atom stereocenters. The van der Waals surface area contributed by atoms with E-state index in [-0.39, 0.29) is 5.84 Å². The Morgan fingerprint density at radius 2 is 2.19 bits per heavy atom. The minimum absolute atomic E-state index is 0.0608. The van der Waals surface area contributed by atoms with Crippen LogP contribution in [-0.2, 0) is 0 Å². The second-order valence-electron chi connectivity index (χ2n) is 3.86. The van der Waals surface area contributed by atoms with Crippen molar-refractivity contribution in [2.45, 2.75) is 33.2 Å². The molecule has 4 nitrogen and oxygen atoms in total. The molecule has 1 heterocycles. The standard InChI is InChI=1S/C12H20N4/c1-4-9(3)16(5-2)11-7-6-10(8-15-11)12(13)14/h6-9H,4-5H2,1-3H3,(H3,13,14). The van der Waals surface area contributed by atoms with Gasteiger partial charge in [-0.15, -0.1) is 0 Å². The molecule has 1 aromatic rings. The van der Waals surface area contributed by atoms with Crippen molar-refractivity contribution >= 4 is 11.7 Å². The summed E-state index contributed by atoms with van der Waals surface area (Å²) in [7, 11) is 0. The van der Waals surface area contributed by atoms with Crippen molar-refractivity contribution in [1.29, 1.82) is 5.41 Å². The summed E-state index contributed by atoms with van der Waals surface area (Å²) < 4.78 is 0. The minimum atomic E-state index is 0.0608. The third kappa shape index (κ3) is 2.72. The molecule has 0 amide bonds. The Morgan fingerprint density at radius 3 is 2.56 bits per heavy atom. The van der Waals surface area contributed by atoms with Crippen LogP contribution in [0, 0.1) is 5.41 Å². The topological polar surface area (TPSA) is 66.0 Å². The lowest BCUT2D eigenvalue weighted by Gasteiger charge is -2.28. The number of pyridine rings is 1. The molecule has 0 bridgehead atoms. The van der Waals surface area contributed by atoms with Gasteiger partial charge in [0.15, 0.2) is 0 Å². The SMILES string of the molecule is CCC(C)N(CC)c1ccc(C(=N)N)cn1. The summed E-state index contributed by atoms with van der Waals surface area (Å²) in [4.78, 5) is 6.59. The fourth-order valence-corrected chi connectivity index (χ4v) is 1.64. The van der Waals surface area contributed by atoms with Gasteiger partial charge < -0.3 is 10.6 Å². The quantitative estimate of drug-likeness (QED) is 0.589. The van der Waals surface area contributed by atoms with E-state index < -0.39 is 0 Å². The Balaban J connectivity index is 2.90. The van der Waals surface area contributed by atoms with Crippen LogP contribution in [0.15, 0.2) is 18.3 Å². The number of aromatic nitrogens is 1. The van der Waals surface area contributed by atoms with Crippen molar-refractivity contribution in [2.24, 2.45) is 5.73 Å². The molecule has 0 aromatic carbocycles. The number of nitrogen functional groups attached to an aromatic ring is 1. The summed E-state index contributed by atoms with van der Waals surface area (Å²) in [5.41, 5.74) is 6.06. The molecule has 0 radical (unpaired) electrons. The lowest BCUT2D eigenvalue weighted by atomic mass is 10.2. The van der Waals surface area contributed by atoms with Crippen molar-refractivity contribution in [1.82, 2.24) is 4.98 Å². The van der Waals surface area contributed by atoms with Crippen molar-refractivity contribution in [3.05, 3.63) is 23.9 Å². The number of hydrogen-bond acceptors (Lipinski definition) is 3. The highest BCUT2D eigenvalue weighted by atomic mass is 15.2. The van der Waals surface area contributed by atoms with Gasteiger partial charge >= 0.3 is 0 Å². The van der Waals surface area contributed by atoms with Gasteiger partial charge in [-0.2, -0.15) is 0 Å². The van der Waals surface area contributed by atoms with Gasteiger partial charge in [0, 0.05) is 24.3 Å². The highest BCUT2D eigenvalue weighted by Crippen LogP contribution is 2.15. The molecule has 0 saturated heterocycles. The molecule has 4 heteroatoms. The Kier molecular flexibility index (Phi) is 4.28. The van der Waals surface area contributed by atoms with Crippen LogP contribution in [0.3, 0.4) is 0 Å². The number of rotatable bonds is 5. The molecule has 88 valence electrons. The van der Waals surface area contributed by atoms with Crippen LogP contribution in [-0.4, -0.2) is 23.4 Å². The summed E-state index contributed by atoms with van der Waals surface area (Å²) in [6.07, 6.45) is 2.74. The van der Waals surface area contributed by atoms with Gasteiger partial charge in [0.2, 0.25) is 0 Å². The molecule has 1 atom stereocenters. The second kappa shape index (κ2) is 5.49. The second-order valence-corrected chi connectivity index (χ2v) is 3.86. The zero-order valence-electron chi connectivity index (χ0n) is 10.2. The number of nitrogens with zero attached hydrogens (tertiary/aromatic N) is 2. The third-order valence-electron chi connectivity index (χ3n) is 2.82. The summed E-state index contributed by atoms with van der Waals surface area (Å²) in [5.74, 6) is 1.01. The Hall–Kier alpha value is -1.58. The number of hydrogen-bond donors (Lipinski definition) is 2. The molecule has 1 rings (SSSR count). The van der Waals surface area contributed by atoms with E-state index in [1.165, 1.54) is 0 Å². The highest BCUT2D eigenvalue weighted by molar-refractivity contribution is 5.94. The van der Waals surface area contributed by atoms with Gasteiger partial charge in [0.25, 0.3) is 0 Å². The van der Waals surface area contributed by atoms with Crippen LogP contribution in [0.2, 0.25) is 0 Å². The van der Waals surface area contributed by atoms with Crippen molar-refractivity contribution < 1.29 is 0 Å². The van der Waals surface area contributed by atoms with Crippen LogP contribution in [0.1, 0.15) is 32.8 Å². The van der Waals surface area contributed by atoms with E-state index in [0.29, 0.717) is 11.6 Å². The summed E-state index contributed by atoms with van der Waals surface area (Å²) in [6, 6.07) is 4.24. The maximum atomic E-state index is 7.30. The van der Waals surface area contributed by atoms with Gasteiger partial charge in [-0.25, -0.2) is 4.98 Å². The maximum Gasteiger partial charge on any atom is 0.128 e. The predicted molar refractivity (Wildman–Crippen MR) is 68.0 cm³/mol. The predicted octanol–water partition coefficient (Wildman–Crippen LogP) is 1.99. The number of nitrogens with one attached hydrogen (secondary N) is 1. The van der Waals surface area contributed by atoms with Crippen molar-refractivity contribution in [2.75, 3.05) is 11.4 Å². The number of anilines is 1. The first-order valence-corrected chi connectivity index (χ1v) is 5.67. The first-order valence-electron chi connectivity index (χ1n) is 5.67. The smallest absolute Gasteiger partial charge is 0.128 e. The van der Waals surface area contributed by atoms with Crippen LogP contribution in [0.4, 0.5) is 5.82 Å². The molecule has 0 aliphatic rings. The van der Waals surface area contributed by atoms with Crippen molar-refractivity contribution in [3.63, 3.8) is 0 Å². The van der Waals surface area contributed by atoms with Gasteiger partial charge in [-0.1, -0.05) is 6.92 Å². The van der Waals surface area contributed by atoms with Gasteiger partial charge in [-0.3, -0.25) is 5.41 Å². The monoisotopic (exact) mass is 220 g/mol. The summed E-state index contributed by atoms with van der Waals surface area (Å²) >= 11 is 0. The number of nitrogens with two attached hydrogens (primary N) is 1. The number of amidine groups is 1. The van der Waals surface area contributed by atoms with E-state index in [4.69, 9.17) is 11.1 Å². The van der Waals surface area contributed by atoms with Crippen LogP contribution < -0.4 is 10.6 Å². The van der Waals surface area contributed by atoms with E-state index >= 15 is 0 Å². The molecule has 0 saturated carbocycles. The summed E-state index contributed by atoms with van der Waals surface area (Å²) in [5, 5.41) is 7.30. The molecule has 0 fully saturated rings. The largest absolute Gasteiger partial charge is 0.384 e. The van der Waals surface area contributed by atoms with E-state index in [9.17, 15) is 0 Å². The first-order chi connectivity index (χ1) is 7.60. The molecule has 0 aliphatic heterocycles. The summed E-state index contributed by atoms with van der Waals surface area (Å²) in [6.45, 7) is 7.40. The Morgan fingerprint density at radius 1 is 1.50 bits per heavy atom.